The SMILES string of the molecule is Cn1ncc2[nH]c(-c3cc4ccccc4s3)nc21. The predicted octanol–water partition coefficient (Wildman–Crippen LogP) is 3.18. The molecule has 0 radical (unpaired) electrons. The summed E-state index contributed by atoms with van der Waals surface area (Å²) in [4.78, 5) is 9.06. The van der Waals surface area contributed by atoms with Crippen molar-refractivity contribution in [1.29, 1.82) is 0 Å². The second-order valence-electron chi connectivity index (χ2n) is 4.24. The van der Waals surface area contributed by atoms with Crippen LogP contribution in [0.2, 0.25) is 0 Å². The van der Waals surface area contributed by atoms with Crippen LogP contribution in [-0.4, -0.2) is 19.7 Å². The van der Waals surface area contributed by atoms with Crippen molar-refractivity contribution in [2.24, 2.45) is 7.05 Å². The van der Waals surface area contributed by atoms with Crippen LogP contribution in [0.15, 0.2) is 36.5 Å². The van der Waals surface area contributed by atoms with Crippen LogP contribution in [0.3, 0.4) is 0 Å². The summed E-state index contributed by atoms with van der Waals surface area (Å²) in [6.07, 6.45) is 1.80. The number of thiophene rings is 1. The summed E-state index contributed by atoms with van der Waals surface area (Å²) in [5.74, 6) is 0.916. The largest absolute Gasteiger partial charge is 0.335 e. The molecule has 0 aliphatic carbocycles. The smallest absolute Gasteiger partial charge is 0.176 e. The summed E-state index contributed by atoms with van der Waals surface area (Å²) in [7, 11) is 1.90. The molecule has 0 aliphatic heterocycles. The number of hydrogen-bond acceptors (Lipinski definition) is 3. The van der Waals surface area contributed by atoms with Crippen LogP contribution in [0.25, 0.3) is 32.0 Å². The number of aryl methyl sites for hydroxylation is 1. The van der Waals surface area contributed by atoms with Crippen molar-refractivity contribution in [3.63, 3.8) is 0 Å². The lowest BCUT2D eigenvalue weighted by molar-refractivity contribution is 0.787. The number of H-pyrrole nitrogens is 1. The van der Waals surface area contributed by atoms with Gasteiger partial charge >= 0.3 is 0 Å². The van der Waals surface area contributed by atoms with Crippen LogP contribution in [0.1, 0.15) is 0 Å². The van der Waals surface area contributed by atoms with E-state index in [2.05, 4.69) is 45.4 Å². The van der Waals surface area contributed by atoms with Gasteiger partial charge in [0.15, 0.2) is 11.5 Å². The van der Waals surface area contributed by atoms with Crippen molar-refractivity contribution in [2.75, 3.05) is 0 Å². The van der Waals surface area contributed by atoms with Gasteiger partial charge in [-0.15, -0.1) is 11.3 Å². The predicted molar refractivity (Wildman–Crippen MR) is 73.7 cm³/mol. The zero-order valence-corrected chi connectivity index (χ0v) is 10.5. The molecule has 0 unspecified atom stereocenters. The van der Waals surface area contributed by atoms with Gasteiger partial charge in [0.25, 0.3) is 0 Å². The van der Waals surface area contributed by atoms with Crippen molar-refractivity contribution < 1.29 is 0 Å². The molecule has 88 valence electrons. The summed E-state index contributed by atoms with van der Waals surface area (Å²) >= 11 is 1.75. The first-order valence-corrected chi connectivity index (χ1v) is 6.49. The molecule has 0 saturated heterocycles. The summed E-state index contributed by atoms with van der Waals surface area (Å²) in [6.45, 7) is 0. The third-order valence-electron chi connectivity index (χ3n) is 3.04. The molecule has 18 heavy (non-hydrogen) atoms. The van der Waals surface area contributed by atoms with Crippen molar-refractivity contribution in [3.05, 3.63) is 36.5 Å². The van der Waals surface area contributed by atoms with Gasteiger partial charge in [0.2, 0.25) is 0 Å². The minimum Gasteiger partial charge on any atom is -0.335 e. The second kappa shape index (κ2) is 3.43. The number of hydrogen-bond donors (Lipinski definition) is 1. The number of nitrogens with one attached hydrogen (secondary N) is 1. The molecule has 5 heteroatoms. The van der Waals surface area contributed by atoms with Gasteiger partial charge < -0.3 is 4.98 Å². The minimum absolute atomic E-state index is 0.891. The second-order valence-corrected chi connectivity index (χ2v) is 5.32. The number of rotatable bonds is 1. The summed E-state index contributed by atoms with van der Waals surface area (Å²) in [5, 5.41) is 5.42. The van der Waals surface area contributed by atoms with Crippen LogP contribution < -0.4 is 0 Å². The number of nitrogens with zero attached hydrogens (tertiary/aromatic N) is 3. The first-order valence-electron chi connectivity index (χ1n) is 5.68. The summed E-state index contributed by atoms with van der Waals surface area (Å²) in [6, 6.07) is 10.5. The number of fused-ring (bicyclic) bond motifs is 2. The van der Waals surface area contributed by atoms with Crippen LogP contribution in [0.5, 0.6) is 0 Å². The molecule has 4 nitrogen and oxygen atoms in total. The highest BCUT2D eigenvalue weighted by Crippen LogP contribution is 2.32. The molecule has 4 rings (SSSR count). The van der Waals surface area contributed by atoms with E-state index < -0.39 is 0 Å². The van der Waals surface area contributed by atoms with Gasteiger partial charge in [0, 0.05) is 11.7 Å². The Morgan fingerprint density at radius 3 is 3.00 bits per heavy atom. The normalized spacial score (nSPS) is 11.6. The molecule has 0 bridgehead atoms. The van der Waals surface area contributed by atoms with E-state index in [-0.39, 0.29) is 0 Å². The molecule has 0 fully saturated rings. The van der Waals surface area contributed by atoms with Crippen LogP contribution in [-0.2, 0) is 7.05 Å². The van der Waals surface area contributed by atoms with Crippen molar-refractivity contribution in [3.8, 4) is 10.7 Å². The lowest BCUT2D eigenvalue weighted by Crippen LogP contribution is -1.89. The molecule has 0 aliphatic rings. The van der Waals surface area contributed by atoms with E-state index in [0.29, 0.717) is 0 Å². The Hall–Kier alpha value is -2.14. The van der Waals surface area contributed by atoms with Crippen molar-refractivity contribution in [1.82, 2.24) is 19.7 Å². The maximum atomic E-state index is 4.59. The molecule has 0 spiro atoms. The van der Waals surface area contributed by atoms with Crippen LogP contribution >= 0.6 is 11.3 Å². The molecule has 3 aromatic heterocycles. The lowest BCUT2D eigenvalue weighted by Gasteiger charge is -1.88. The molecule has 4 aromatic rings. The molecule has 0 saturated carbocycles. The molecule has 1 aromatic carbocycles. The Morgan fingerprint density at radius 1 is 1.28 bits per heavy atom. The first kappa shape index (κ1) is 9.85. The van der Waals surface area contributed by atoms with Crippen molar-refractivity contribution in [2.45, 2.75) is 0 Å². The monoisotopic (exact) mass is 254 g/mol. The fourth-order valence-electron chi connectivity index (χ4n) is 2.13. The standard InChI is InChI=1S/C13H10N4S/c1-17-13-9(7-14-17)15-12(16-13)11-6-8-4-2-3-5-10(8)18-11/h2-7H,1H3,(H,15,16). The van der Waals surface area contributed by atoms with Crippen molar-refractivity contribution >= 4 is 32.6 Å². The van der Waals surface area contributed by atoms with Gasteiger partial charge in [0.05, 0.1) is 11.1 Å². The highest BCUT2D eigenvalue weighted by Gasteiger charge is 2.11. The lowest BCUT2D eigenvalue weighted by atomic mass is 10.2. The highest BCUT2D eigenvalue weighted by atomic mass is 32.1. The van der Waals surface area contributed by atoms with Gasteiger partial charge in [-0.3, -0.25) is 0 Å². The zero-order valence-electron chi connectivity index (χ0n) is 9.71. The number of benzene rings is 1. The van der Waals surface area contributed by atoms with Gasteiger partial charge in [0.1, 0.15) is 5.52 Å². The van der Waals surface area contributed by atoms with E-state index >= 15 is 0 Å². The average molecular weight is 254 g/mol. The highest BCUT2D eigenvalue weighted by molar-refractivity contribution is 7.22. The summed E-state index contributed by atoms with van der Waals surface area (Å²) < 4.78 is 3.06. The van der Waals surface area contributed by atoms with Crippen LogP contribution in [0, 0.1) is 0 Å². The zero-order chi connectivity index (χ0) is 12.1. The molecule has 0 amide bonds. The topological polar surface area (TPSA) is 46.5 Å². The van der Waals surface area contributed by atoms with Gasteiger partial charge in [-0.25, -0.2) is 9.67 Å². The Morgan fingerprint density at radius 2 is 2.17 bits per heavy atom. The number of aromatic nitrogens is 4. The third-order valence-corrected chi connectivity index (χ3v) is 4.16. The van der Waals surface area contributed by atoms with Gasteiger partial charge in [-0.1, -0.05) is 18.2 Å². The number of aromatic amines is 1. The Bertz CT molecular complexity index is 819. The maximum Gasteiger partial charge on any atom is 0.176 e. The fourth-order valence-corrected chi connectivity index (χ4v) is 3.14. The Kier molecular flexibility index (Phi) is 1.87. The van der Waals surface area contributed by atoms with E-state index in [1.165, 1.54) is 10.1 Å². The molecular weight excluding hydrogens is 244 g/mol. The quantitative estimate of drug-likeness (QED) is 0.567. The minimum atomic E-state index is 0.891. The fraction of sp³-hybridized carbons (Fsp3) is 0.0769. The van der Waals surface area contributed by atoms with Gasteiger partial charge in [-0.05, 0) is 17.5 Å². The average Bonchev–Trinajstić information content (AvgIpc) is 3.04. The van der Waals surface area contributed by atoms with E-state index in [1.807, 2.05) is 7.05 Å². The first-order chi connectivity index (χ1) is 8.81. The Labute approximate surface area is 107 Å². The van der Waals surface area contributed by atoms with Crippen LogP contribution in [0.4, 0.5) is 0 Å². The van der Waals surface area contributed by atoms with E-state index in [1.54, 1.807) is 22.2 Å². The molecule has 0 atom stereocenters. The van der Waals surface area contributed by atoms with Gasteiger partial charge in [-0.2, -0.15) is 5.10 Å². The third kappa shape index (κ3) is 1.31. The van der Waals surface area contributed by atoms with E-state index in [0.717, 1.165) is 21.9 Å². The Balaban J connectivity index is 1.95. The molecule has 1 N–H and O–H groups in total. The van der Waals surface area contributed by atoms with E-state index in [4.69, 9.17) is 0 Å². The molecule has 3 heterocycles. The summed E-state index contributed by atoms with van der Waals surface area (Å²) in [5.41, 5.74) is 1.87. The van der Waals surface area contributed by atoms with E-state index in [9.17, 15) is 0 Å². The maximum absolute atomic E-state index is 4.59. The molecular formula is C13H10N4S. The number of imidazole rings is 1.